The van der Waals surface area contributed by atoms with Gasteiger partial charge in [0.1, 0.15) is 11.2 Å². The first kappa shape index (κ1) is 45.0. The SMILES string of the molecule is CC(C)(C)c1cccc2c1Cc1c-2cccc1-c1cc2c(c3ccccc13)-c1cc3c(cc1C2(C)C)-c1cc2c(cc1C3(C)C)-c1c(cc(-c3cccc4c3oc3c(C(C)(C)C)cccc34)c3ccccc13)C2(C)C. The van der Waals surface area contributed by atoms with Crippen LogP contribution in [-0.2, 0) is 33.5 Å². The Labute approximate surface area is 442 Å². The Kier molecular flexibility index (Phi) is 8.67. The summed E-state index contributed by atoms with van der Waals surface area (Å²) in [6.45, 7) is 28.7. The highest BCUT2D eigenvalue weighted by Crippen LogP contribution is 2.62. The van der Waals surface area contributed by atoms with Crippen molar-refractivity contribution in [2.75, 3.05) is 0 Å². The van der Waals surface area contributed by atoms with E-state index in [2.05, 4.69) is 241 Å². The quantitative estimate of drug-likeness (QED) is 0.168. The van der Waals surface area contributed by atoms with Crippen LogP contribution in [0.15, 0.2) is 162 Å². The Hall–Kier alpha value is -7.48. The zero-order chi connectivity index (χ0) is 51.6. The van der Waals surface area contributed by atoms with Crippen LogP contribution in [0.5, 0.6) is 0 Å². The van der Waals surface area contributed by atoms with Gasteiger partial charge in [-0.2, -0.15) is 0 Å². The van der Waals surface area contributed by atoms with Gasteiger partial charge < -0.3 is 4.42 Å². The van der Waals surface area contributed by atoms with Crippen molar-refractivity contribution in [3.63, 3.8) is 0 Å². The highest BCUT2D eigenvalue weighted by molar-refractivity contribution is 6.16. The standard InChI is InChI=1S/C74H64O/c1-70(2,3)58-31-19-27-41-40-25-17-26-44(50(40)33-53(41)58)51-34-64-66(45-23-15-13-21-42(45)51)56-38-60-54(36-62(56)73(64,9)10)55-37-63-57(39-61(55)72(60,7)8)67-46-24-16-14-22-43(46)52(35-65(67)74(63,11)12)49-29-18-28-47-48-30-20-32-59(71(4,5)6)69(48)75-68(47)49/h13-32,34-39H,33H2,1-12H3. The average molecular weight is 969 g/mol. The van der Waals surface area contributed by atoms with Crippen molar-refractivity contribution in [2.24, 2.45) is 0 Å². The first-order valence-electron chi connectivity index (χ1n) is 27.5. The molecule has 0 aliphatic heterocycles. The van der Waals surface area contributed by atoms with E-state index >= 15 is 0 Å². The lowest BCUT2D eigenvalue weighted by Crippen LogP contribution is -2.17. The van der Waals surface area contributed by atoms with Crippen LogP contribution in [0.3, 0.4) is 0 Å². The topological polar surface area (TPSA) is 13.1 Å². The molecule has 366 valence electrons. The summed E-state index contributed by atoms with van der Waals surface area (Å²) in [7, 11) is 0. The van der Waals surface area contributed by atoms with E-state index in [0.717, 1.165) is 23.2 Å². The second-order valence-electron chi connectivity index (χ2n) is 26.4. The predicted molar refractivity (Wildman–Crippen MR) is 318 cm³/mol. The molecule has 4 aliphatic carbocycles. The Balaban J connectivity index is 0.880. The van der Waals surface area contributed by atoms with Crippen LogP contribution in [0.25, 0.3) is 110 Å². The van der Waals surface area contributed by atoms with Gasteiger partial charge in [0.25, 0.3) is 0 Å². The molecule has 1 heteroatoms. The number of hydrogen-bond acceptors (Lipinski definition) is 1. The van der Waals surface area contributed by atoms with Gasteiger partial charge in [0, 0.05) is 38.1 Å². The summed E-state index contributed by atoms with van der Waals surface area (Å²) in [5.74, 6) is 0. The first-order chi connectivity index (χ1) is 35.7. The fraction of sp³-hybridized carbons (Fsp3) is 0.243. The summed E-state index contributed by atoms with van der Waals surface area (Å²) in [6.07, 6.45) is 0.963. The van der Waals surface area contributed by atoms with Crippen molar-refractivity contribution in [3.8, 4) is 66.8 Å². The molecule has 0 unspecified atom stereocenters. The normalized spacial score (nSPS) is 16.0. The van der Waals surface area contributed by atoms with Crippen LogP contribution in [-0.4, -0.2) is 0 Å². The second kappa shape index (κ2) is 14.5. The third-order valence-corrected chi connectivity index (χ3v) is 19.0. The van der Waals surface area contributed by atoms with E-state index in [-0.39, 0.29) is 27.1 Å². The molecule has 11 aromatic rings. The van der Waals surface area contributed by atoms with Gasteiger partial charge in [-0.3, -0.25) is 0 Å². The molecule has 10 aromatic carbocycles. The Bertz CT molecular complexity index is 4410. The smallest absolute Gasteiger partial charge is 0.143 e. The van der Waals surface area contributed by atoms with E-state index in [9.17, 15) is 0 Å². The summed E-state index contributed by atoms with van der Waals surface area (Å²) < 4.78 is 7.04. The predicted octanol–water partition coefficient (Wildman–Crippen LogP) is 20.3. The number of para-hydroxylation sites is 2. The molecule has 4 aliphatic rings. The molecule has 0 spiro atoms. The van der Waals surface area contributed by atoms with E-state index in [1.54, 1.807) is 0 Å². The van der Waals surface area contributed by atoms with Crippen LogP contribution in [0, 0.1) is 0 Å². The Morgan fingerprint density at radius 1 is 0.307 bits per heavy atom. The molecule has 0 amide bonds. The molecule has 0 bridgehead atoms. The molecule has 0 atom stereocenters. The van der Waals surface area contributed by atoms with Gasteiger partial charge in [0.2, 0.25) is 0 Å². The molecule has 0 saturated carbocycles. The molecular weight excluding hydrogens is 905 g/mol. The number of furan rings is 1. The molecule has 15 rings (SSSR count). The van der Waals surface area contributed by atoms with Crippen molar-refractivity contribution >= 4 is 43.5 Å². The zero-order valence-corrected chi connectivity index (χ0v) is 45.6. The Morgan fingerprint density at radius 3 is 1.21 bits per heavy atom. The minimum atomic E-state index is -0.249. The fourth-order valence-electron chi connectivity index (χ4n) is 15.1. The fourth-order valence-corrected chi connectivity index (χ4v) is 15.1. The molecule has 1 heterocycles. The van der Waals surface area contributed by atoms with Gasteiger partial charge in [-0.1, -0.05) is 204 Å². The maximum atomic E-state index is 7.04. The molecule has 1 aromatic heterocycles. The third-order valence-electron chi connectivity index (χ3n) is 19.0. The van der Waals surface area contributed by atoms with Crippen molar-refractivity contribution in [2.45, 2.75) is 117 Å². The van der Waals surface area contributed by atoms with Crippen LogP contribution in [0.2, 0.25) is 0 Å². The minimum absolute atomic E-state index is 0.0477. The van der Waals surface area contributed by atoms with Crippen LogP contribution < -0.4 is 0 Å². The highest BCUT2D eigenvalue weighted by Gasteiger charge is 2.46. The lowest BCUT2D eigenvalue weighted by Gasteiger charge is -2.25. The highest BCUT2D eigenvalue weighted by atomic mass is 16.3. The number of fused-ring (bicyclic) bond motifs is 19. The number of rotatable bonds is 2. The summed E-state index contributed by atoms with van der Waals surface area (Å²) in [5.41, 5.74) is 31.6. The van der Waals surface area contributed by atoms with Crippen molar-refractivity contribution in [3.05, 3.63) is 213 Å². The largest absolute Gasteiger partial charge is 0.455 e. The number of benzene rings is 10. The molecule has 1 nitrogen and oxygen atoms in total. The van der Waals surface area contributed by atoms with Gasteiger partial charge in [0.15, 0.2) is 0 Å². The van der Waals surface area contributed by atoms with Gasteiger partial charge in [0.05, 0.1) is 0 Å². The van der Waals surface area contributed by atoms with E-state index in [4.69, 9.17) is 4.42 Å². The van der Waals surface area contributed by atoms with Crippen molar-refractivity contribution in [1.29, 1.82) is 0 Å². The molecule has 75 heavy (non-hydrogen) atoms. The molecule has 0 fully saturated rings. The monoisotopic (exact) mass is 968 g/mol. The summed E-state index contributed by atoms with van der Waals surface area (Å²) in [4.78, 5) is 0. The molecular formula is C74H64O. The molecule has 0 radical (unpaired) electrons. The van der Waals surface area contributed by atoms with E-state index in [1.165, 1.54) is 149 Å². The summed E-state index contributed by atoms with van der Waals surface area (Å²) >= 11 is 0. The average Bonchev–Trinajstić information content (AvgIpc) is 4.34. The van der Waals surface area contributed by atoms with E-state index in [1.807, 2.05) is 0 Å². The van der Waals surface area contributed by atoms with Crippen LogP contribution in [0.1, 0.15) is 139 Å². The van der Waals surface area contributed by atoms with Gasteiger partial charge >= 0.3 is 0 Å². The van der Waals surface area contributed by atoms with Gasteiger partial charge in [-0.25, -0.2) is 0 Å². The first-order valence-corrected chi connectivity index (χ1v) is 27.5. The third kappa shape index (κ3) is 5.80. The van der Waals surface area contributed by atoms with Crippen molar-refractivity contribution in [1.82, 2.24) is 0 Å². The zero-order valence-electron chi connectivity index (χ0n) is 45.6. The Morgan fingerprint density at radius 2 is 0.667 bits per heavy atom. The van der Waals surface area contributed by atoms with Crippen LogP contribution in [0.4, 0.5) is 0 Å². The summed E-state index contributed by atoms with van der Waals surface area (Å²) in [6, 6.07) is 61.3. The maximum Gasteiger partial charge on any atom is 0.143 e. The minimum Gasteiger partial charge on any atom is -0.455 e. The van der Waals surface area contributed by atoms with Crippen LogP contribution >= 0.6 is 0 Å². The lowest BCUT2D eigenvalue weighted by atomic mass is 9.78. The van der Waals surface area contributed by atoms with Gasteiger partial charge in [-0.05, 0) is 186 Å². The summed E-state index contributed by atoms with van der Waals surface area (Å²) in [5, 5.41) is 7.60. The lowest BCUT2D eigenvalue weighted by molar-refractivity contribution is 0.573. The molecule has 0 N–H and O–H groups in total. The van der Waals surface area contributed by atoms with E-state index < -0.39 is 0 Å². The second-order valence-corrected chi connectivity index (χ2v) is 26.4. The number of hydrogen-bond donors (Lipinski definition) is 0. The maximum absolute atomic E-state index is 7.04. The van der Waals surface area contributed by atoms with Crippen molar-refractivity contribution < 1.29 is 4.42 Å². The van der Waals surface area contributed by atoms with E-state index in [0.29, 0.717) is 0 Å². The molecule has 0 saturated heterocycles. The van der Waals surface area contributed by atoms with Gasteiger partial charge in [-0.15, -0.1) is 0 Å².